The number of hydrogen-bond donors (Lipinski definition) is 1. The number of sulfone groups is 1. The van der Waals surface area contributed by atoms with Crippen molar-refractivity contribution < 1.29 is 31.9 Å². The molecule has 0 bridgehead atoms. The van der Waals surface area contributed by atoms with Crippen LogP contribution in [0, 0.1) is 12.7 Å². The predicted molar refractivity (Wildman–Crippen MR) is 122 cm³/mol. The number of pyridine rings is 1. The van der Waals surface area contributed by atoms with Crippen molar-refractivity contribution in [3.05, 3.63) is 77.2 Å². The fourth-order valence-electron chi connectivity index (χ4n) is 3.11. The number of rotatable bonds is 7. The first-order valence-corrected chi connectivity index (χ1v) is 11.7. The Kier molecular flexibility index (Phi) is 7.31. The molecule has 34 heavy (non-hydrogen) atoms. The Hall–Kier alpha value is -3.79. The van der Waals surface area contributed by atoms with Gasteiger partial charge < -0.3 is 14.8 Å². The van der Waals surface area contributed by atoms with E-state index in [4.69, 9.17) is 4.74 Å². The molecule has 0 atom stereocenters. The molecule has 2 aromatic carbocycles. The van der Waals surface area contributed by atoms with Crippen molar-refractivity contribution in [3.63, 3.8) is 0 Å². The Bertz CT molecular complexity index is 1340. The first-order chi connectivity index (χ1) is 16.0. The summed E-state index contributed by atoms with van der Waals surface area (Å²) in [6, 6.07) is 10.3. The van der Waals surface area contributed by atoms with Crippen molar-refractivity contribution in [3.8, 4) is 5.75 Å². The SMILES string of the molecule is COC(=O)c1ccc(NC(=O)c2cc(S(=O)(=O)c3ccccc3F)cc(OC(C)C)c2C)nc1. The minimum absolute atomic E-state index is 0.00640. The van der Waals surface area contributed by atoms with Crippen LogP contribution in [0.5, 0.6) is 5.75 Å². The molecular weight excluding hydrogens is 463 g/mol. The van der Waals surface area contributed by atoms with E-state index in [-0.39, 0.29) is 33.7 Å². The van der Waals surface area contributed by atoms with Crippen molar-refractivity contribution in [1.29, 1.82) is 0 Å². The highest BCUT2D eigenvalue weighted by molar-refractivity contribution is 7.91. The summed E-state index contributed by atoms with van der Waals surface area (Å²) in [4.78, 5) is 27.8. The number of nitrogens with zero attached hydrogens (tertiary/aromatic N) is 1. The van der Waals surface area contributed by atoms with Gasteiger partial charge in [-0.15, -0.1) is 0 Å². The highest BCUT2D eigenvalue weighted by Crippen LogP contribution is 2.32. The van der Waals surface area contributed by atoms with Crippen LogP contribution < -0.4 is 10.1 Å². The van der Waals surface area contributed by atoms with E-state index in [0.29, 0.717) is 5.56 Å². The first-order valence-electron chi connectivity index (χ1n) is 10.2. The number of carbonyl (C=O) groups excluding carboxylic acids is 2. The molecule has 0 aliphatic rings. The molecule has 1 amide bonds. The predicted octanol–water partition coefficient (Wildman–Crippen LogP) is 4.19. The number of anilines is 1. The maximum atomic E-state index is 14.3. The van der Waals surface area contributed by atoms with Crippen molar-refractivity contribution in [2.75, 3.05) is 12.4 Å². The lowest BCUT2D eigenvalue weighted by Crippen LogP contribution is -2.17. The zero-order valence-corrected chi connectivity index (χ0v) is 19.8. The van der Waals surface area contributed by atoms with E-state index in [1.54, 1.807) is 20.8 Å². The Morgan fingerprint density at radius 1 is 1.09 bits per heavy atom. The van der Waals surface area contributed by atoms with Crippen LogP contribution in [0.25, 0.3) is 0 Å². The number of methoxy groups -OCH3 is 1. The van der Waals surface area contributed by atoms with Gasteiger partial charge in [-0.2, -0.15) is 0 Å². The monoisotopic (exact) mass is 486 g/mol. The van der Waals surface area contributed by atoms with Crippen molar-refractivity contribution >= 4 is 27.5 Å². The largest absolute Gasteiger partial charge is 0.491 e. The molecule has 10 heteroatoms. The lowest BCUT2D eigenvalue weighted by Gasteiger charge is -2.17. The normalized spacial score (nSPS) is 11.2. The molecule has 0 saturated carbocycles. The van der Waals surface area contributed by atoms with Gasteiger partial charge in [0.2, 0.25) is 9.84 Å². The fourth-order valence-corrected chi connectivity index (χ4v) is 4.48. The number of carbonyl (C=O) groups is 2. The number of amides is 1. The summed E-state index contributed by atoms with van der Waals surface area (Å²) in [6.07, 6.45) is 0.925. The minimum Gasteiger partial charge on any atom is -0.491 e. The number of aromatic nitrogens is 1. The van der Waals surface area contributed by atoms with Crippen LogP contribution in [-0.2, 0) is 14.6 Å². The maximum Gasteiger partial charge on any atom is 0.339 e. The second-order valence-corrected chi connectivity index (χ2v) is 9.49. The molecule has 8 nitrogen and oxygen atoms in total. The van der Waals surface area contributed by atoms with E-state index in [9.17, 15) is 22.4 Å². The maximum absolute atomic E-state index is 14.3. The molecule has 3 aromatic rings. The zero-order valence-electron chi connectivity index (χ0n) is 19.0. The molecule has 0 unspecified atom stereocenters. The number of benzene rings is 2. The molecule has 0 aliphatic carbocycles. The van der Waals surface area contributed by atoms with Gasteiger partial charge in [-0.05, 0) is 57.2 Å². The second-order valence-electron chi connectivity index (χ2n) is 7.57. The third-order valence-corrected chi connectivity index (χ3v) is 6.57. The quantitative estimate of drug-likeness (QED) is 0.499. The number of nitrogens with one attached hydrogen (secondary N) is 1. The fraction of sp³-hybridized carbons (Fsp3) is 0.208. The van der Waals surface area contributed by atoms with Gasteiger partial charge in [0, 0.05) is 17.3 Å². The van der Waals surface area contributed by atoms with Gasteiger partial charge in [0.05, 0.1) is 23.7 Å². The Morgan fingerprint density at radius 3 is 2.38 bits per heavy atom. The summed E-state index contributed by atoms with van der Waals surface area (Å²) in [7, 11) is -3.06. The van der Waals surface area contributed by atoms with E-state index >= 15 is 0 Å². The van der Waals surface area contributed by atoms with Crippen LogP contribution in [0.4, 0.5) is 10.2 Å². The Labute approximate surface area is 196 Å². The molecule has 1 aromatic heterocycles. The average molecular weight is 487 g/mol. The number of esters is 1. The van der Waals surface area contributed by atoms with Gasteiger partial charge >= 0.3 is 5.97 Å². The minimum atomic E-state index is -4.29. The van der Waals surface area contributed by atoms with E-state index in [1.807, 2.05) is 0 Å². The molecule has 0 saturated heterocycles. The Morgan fingerprint density at radius 2 is 1.79 bits per heavy atom. The van der Waals surface area contributed by atoms with Crippen LogP contribution in [-0.4, -0.2) is 38.5 Å². The average Bonchev–Trinajstić information content (AvgIpc) is 2.80. The summed E-state index contributed by atoms with van der Waals surface area (Å²) < 4.78 is 51.0. The van der Waals surface area contributed by atoms with Crippen molar-refractivity contribution in [1.82, 2.24) is 4.98 Å². The van der Waals surface area contributed by atoms with Gasteiger partial charge in [0.25, 0.3) is 5.91 Å². The number of ether oxygens (including phenoxy) is 2. The van der Waals surface area contributed by atoms with E-state index in [1.165, 1.54) is 49.7 Å². The van der Waals surface area contributed by atoms with Crippen molar-refractivity contribution in [2.45, 2.75) is 36.7 Å². The number of halogens is 1. The highest BCUT2D eigenvalue weighted by atomic mass is 32.2. The molecule has 0 radical (unpaired) electrons. The topological polar surface area (TPSA) is 112 Å². The molecule has 0 fully saturated rings. The molecular formula is C24H23FN2O6S. The summed E-state index contributed by atoms with van der Waals surface area (Å²) >= 11 is 0. The molecule has 0 spiro atoms. The van der Waals surface area contributed by atoms with E-state index in [0.717, 1.165) is 12.1 Å². The molecule has 1 heterocycles. The molecule has 1 N–H and O–H groups in total. The van der Waals surface area contributed by atoms with Crippen molar-refractivity contribution in [2.24, 2.45) is 0 Å². The third kappa shape index (κ3) is 5.23. The van der Waals surface area contributed by atoms with Gasteiger partial charge in [0.15, 0.2) is 0 Å². The smallest absolute Gasteiger partial charge is 0.339 e. The second kappa shape index (κ2) is 10.0. The summed E-state index contributed by atoms with van der Waals surface area (Å²) in [5, 5.41) is 2.57. The lowest BCUT2D eigenvalue weighted by molar-refractivity contribution is 0.0600. The van der Waals surface area contributed by atoms with Gasteiger partial charge in [-0.25, -0.2) is 22.6 Å². The lowest BCUT2D eigenvalue weighted by atomic mass is 10.1. The van der Waals surface area contributed by atoms with Gasteiger partial charge in [-0.3, -0.25) is 4.79 Å². The molecule has 178 valence electrons. The van der Waals surface area contributed by atoms with Crippen LogP contribution in [0.3, 0.4) is 0 Å². The third-order valence-electron chi connectivity index (χ3n) is 4.80. The standard InChI is InChI=1S/C24H23FN2O6S/c1-14(2)33-20-12-17(34(30,31)21-8-6-5-7-19(21)25)11-18(15(20)3)23(28)27-22-10-9-16(13-26-22)24(29)32-4/h5-14H,1-4H3,(H,26,27,28). The van der Waals surface area contributed by atoms with E-state index in [2.05, 4.69) is 15.0 Å². The van der Waals surface area contributed by atoms with Crippen LogP contribution in [0.2, 0.25) is 0 Å². The van der Waals surface area contributed by atoms with E-state index < -0.39 is 32.4 Å². The highest BCUT2D eigenvalue weighted by Gasteiger charge is 2.26. The number of hydrogen-bond acceptors (Lipinski definition) is 7. The summed E-state index contributed by atoms with van der Waals surface area (Å²) in [5.41, 5.74) is 0.596. The zero-order chi connectivity index (χ0) is 25.0. The Balaban J connectivity index is 2.05. The molecule has 3 rings (SSSR count). The van der Waals surface area contributed by atoms with Gasteiger partial charge in [-0.1, -0.05) is 12.1 Å². The molecule has 0 aliphatic heterocycles. The first kappa shape index (κ1) is 24.8. The van der Waals surface area contributed by atoms with Crippen LogP contribution in [0.1, 0.15) is 40.1 Å². The van der Waals surface area contributed by atoms with Crippen LogP contribution >= 0.6 is 0 Å². The summed E-state index contributed by atoms with van der Waals surface area (Å²) in [6.45, 7) is 5.12. The van der Waals surface area contributed by atoms with Gasteiger partial charge in [0.1, 0.15) is 22.3 Å². The summed E-state index contributed by atoms with van der Waals surface area (Å²) in [5.74, 6) is -1.84. The van der Waals surface area contributed by atoms with Crippen LogP contribution in [0.15, 0.2) is 64.5 Å².